The summed E-state index contributed by atoms with van der Waals surface area (Å²) in [5.41, 5.74) is 3.48. The number of carbonyl (C=O) groups excluding carboxylic acids is 1. The number of aryl methyl sites for hydroxylation is 2. The van der Waals surface area contributed by atoms with Crippen LogP contribution in [0, 0.1) is 6.92 Å². The molecule has 2 heterocycles. The lowest BCUT2D eigenvalue weighted by atomic mass is 10.1. The molecule has 2 aromatic heterocycles. The number of fused-ring (bicyclic) bond motifs is 1. The van der Waals surface area contributed by atoms with Crippen molar-refractivity contribution < 1.29 is 9.53 Å². The minimum atomic E-state index is -0.399. The highest BCUT2D eigenvalue weighted by atomic mass is 16.5. The monoisotopic (exact) mass is 310 g/mol. The summed E-state index contributed by atoms with van der Waals surface area (Å²) in [7, 11) is 1.83. The van der Waals surface area contributed by atoms with Gasteiger partial charge in [0.15, 0.2) is 5.65 Å². The number of hydrogen-bond donors (Lipinski definition) is 1. The number of nitrogens with zero attached hydrogens (tertiary/aromatic N) is 3. The predicted molar refractivity (Wildman–Crippen MR) is 88.9 cm³/mol. The Labute approximate surface area is 134 Å². The van der Waals surface area contributed by atoms with Crippen LogP contribution in [-0.2, 0) is 11.8 Å². The largest absolute Gasteiger partial charge is 0.462 e. The van der Waals surface area contributed by atoms with Crippen LogP contribution < -0.4 is 5.32 Å². The van der Waals surface area contributed by atoms with Gasteiger partial charge in [0.05, 0.1) is 23.4 Å². The Kier molecular flexibility index (Phi) is 3.97. The second kappa shape index (κ2) is 6.08. The molecule has 0 saturated carbocycles. The first-order chi connectivity index (χ1) is 11.1. The molecule has 0 bridgehead atoms. The zero-order valence-corrected chi connectivity index (χ0v) is 13.3. The number of rotatable bonds is 4. The molecule has 3 rings (SSSR count). The van der Waals surface area contributed by atoms with Gasteiger partial charge >= 0.3 is 5.97 Å². The Morgan fingerprint density at radius 2 is 2.04 bits per heavy atom. The molecule has 0 fully saturated rings. The third-order valence-corrected chi connectivity index (χ3v) is 3.57. The predicted octanol–water partition coefficient (Wildman–Crippen LogP) is 3.20. The molecule has 0 radical (unpaired) electrons. The molecule has 0 aliphatic heterocycles. The molecule has 0 unspecified atom stereocenters. The maximum Gasteiger partial charge on any atom is 0.341 e. The van der Waals surface area contributed by atoms with E-state index in [9.17, 15) is 4.79 Å². The van der Waals surface area contributed by atoms with Crippen molar-refractivity contribution >= 4 is 28.4 Å². The topological polar surface area (TPSA) is 69.0 Å². The van der Waals surface area contributed by atoms with Gasteiger partial charge in [0, 0.05) is 18.9 Å². The van der Waals surface area contributed by atoms with Crippen LogP contribution >= 0.6 is 0 Å². The molecule has 0 aliphatic rings. The van der Waals surface area contributed by atoms with E-state index >= 15 is 0 Å². The number of para-hydroxylation sites is 1. The lowest BCUT2D eigenvalue weighted by molar-refractivity contribution is 0.0527. The van der Waals surface area contributed by atoms with Crippen molar-refractivity contribution in [1.29, 1.82) is 0 Å². The number of esters is 1. The van der Waals surface area contributed by atoms with Gasteiger partial charge in [-0.25, -0.2) is 9.78 Å². The molecule has 0 spiro atoms. The lowest BCUT2D eigenvalue weighted by Gasteiger charge is -2.13. The molecule has 3 aromatic rings. The number of ether oxygens (including phenoxy) is 1. The molecule has 0 aliphatic carbocycles. The van der Waals surface area contributed by atoms with Gasteiger partial charge < -0.3 is 10.1 Å². The van der Waals surface area contributed by atoms with Crippen LogP contribution in [0.2, 0.25) is 0 Å². The zero-order valence-electron chi connectivity index (χ0n) is 13.3. The van der Waals surface area contributed by atoms with E-state index in [-0.39, 0.29) is 0 Å². The Morgan fingerprint density at radius 3 is 2.74 bits per heavy atom. The molecule has 1 N–H and O–H groups in total. The third kappa shape index (κ3) is 2.75. The first kappa shape index (κ1) is 15.0. The quantitative estimate of drug-likeness (QED) is 0.749. The summed E-state index contributed by atoms with van der Waals surface area (Å²) in [5, 5.41) is 8.54. The van der Waals surface area contributed by atoms with Gasteiger partial charge in [-0.15, -0.1) is 0 Å². The summed E-state index contributed by atoms with van der Waals surface area (Å²) < 4.78 is 6.86. The summed E-state index contributed by atoms with van der Waals surface area (Å²) in [6, 6.07) is 9.68. The third-order valence-electron chi connectivity index (χ3n) is 3.57. The minimum absolute atomic E-state index is 0.313. The highest BCUT2D eigenvalue weighted by Crippen LogP contribution is 2.31. The SMILES string of the molecule is CCOC(=O)c1cnc2c(c(C)nn2C)c1Nc1ccccc1. The Morgan fingerprint density at radius 1 is 1.30 bits per heavy atom. The Balaban J connectivity index is 2.20. The lowest BCUT2D eigenvalue weighted by Crippen LogP contribution is -2.09. The van der Waals surface area contributed by atoms with Gasteiger partial charge in [0.2, 0.25) is 0 Å². The number of aromatic nitrogens is 3. The van der Waals surface area contributed by atoms with Gasteiger partial charge in [0.25, 0.3) is 0 Å². The van der Waals surface area contributed by atoms with E-state index in [2.05, 4.69) is 15.4 Å². The smallest absolute Gasteiger partial charge is 0.341 e. The summed E-state index contributed by atoms with van der Waals surface area (Å²) in [6.07, 6.45) is 1.53. The average Bonchev–Trinajstić information content (AvgIpc) is 2.84. The molecular formula is C17H18N4O2. The Bertz CT molecular complexity index is 856. The number of nitrogens with one attached hydrogen (secondary N) is 1. The van der Waals surface area contributed by atoms with Crippen LogP contribution in [0.5, 0.6) is 0 Å². The first-order valence-corrected chi connectivity index (χ1v) is 7.43. The fourth-order valence-corrected chi connectivity index (χ4v) is 2.57. The van der Waals surface area contributed by atoms with Crippen LogP contribution in [0.1, 0.15) is 23.0 Å². The van der Waals surface area contributed by atoms with Crippen molar-refractivity contribution in [3.05, 3.63) is 47.8 Å². The normalized spacial score (nSPS) is 10.7. The van der Waals surface area contributed by atoms with Crippen molar-refractivity contribution in [3.63, 3.8) is 0 Å². The second-order valence-electron chi connectivity index (χ2n) is 5.17. The van der Waals surface area contributed by atoms with E-state index in [0.717, 1.165) is 16.8 Å². The molecule has 0 amide bonds. The number of pyridine rings is 1. The van der Waals surface area contributed by atoms with E-state index in [0.29, 0.717) is 23.5 Å². The molecule has 6 heteroatoms. The fourth-order valence-electron chi connectivity index (χ4n) is 2.57. The van der Waals surface area contributed by atoms with Crippen LogP contribution in [-0.4, -0.2) is 27.3 Å². The van der Waals surface area contributed by atoms with Crippen LogP contribution in [0.15, 0.2) is 36.5 Å². The highest BCUT2D eigenvalue weighted by Gasteiger charge is 2.20. The standard InChI is InChI=1S/C17H18N4O2/c1-4-23-17(22)13-10-18-16-14(11(2)20-21(16)3)15(13)19-12-8-6-5-7-9-12/h5-10H,4H2,1-3H3,(H,18,19). The van der Waals surface area contributed by atoms with Gasteiger partial charge in [-0.2, -0.15) is 5.10 Å². The number of benzene rings is 1. The molecule has 6 nitrogen and oxygen atoms in total. The van der Waals surface area contributed by atoms with Crippen molar-refractivity contribution in [2.24, 2.45) is 7.05 Å². The minimum Gasteiger partial charge on any atom is -0.462 e. The van der Waals surface area contributed by atoms with Gasteiger partial charge in [-0.3, -0.25) is 4.68 Å². The van der Waals surface area contributed by atoms with Crippen LogP contribution in [0.4, 0.5) is 11.4 Å². The summed E-state index contributed by atoms with van der Waals surface area (Å²) in [4.78, 5) is 16.7. The number of carbonyl (C=O) groups is 1. The molecule has 0 saturated heterocycles. The highest BCUT2D eigenvalue weighted by molar-refractivity contribution is 6.06. The summed E-state index contributed by atoms with van der Waals surface area (Å²) >= 11 is 0. The summed E-state index contributed by atoms with van der Waals surface area (Å²) in [5.74, 6) is -0.399. The molecule has 23 heavy (non-hydrogen) atoms. The first-order valence-electron chi connectivity index (χ1n) is 7.43. The molecule has 118 valence electrons. The number of hydrogen-bond acceptors (Lipinski definition) is 5. The van der Waals surface area contributed by atoms with Crippen LogP contribution in [0.25, 0.3) is 11.0 Å². The molecule has 0 atom stereocenters. The van der Waals surface area contributed by atoms with E-state index in [1.54, 1.807) is 11.6 Å². The zero-order chi connectivity index (χ0) is 16.4. The van der Waals surface area contributed by atoms with Crippen LogP contribution in [0.3, 0.4) is 0 Å². The van der Waals surface area contributed by atoms with Gasteiger partial charge in [0.1, 0.15) is 5.56 Å². The maximum atomic E-state index is 12.3. The maximum absolute atomic E-state index is 12.3. The Hall–Kier alpha value is -2.89. The van der Waals surface area contributed by atoms with Gasteiger partial charge in [-0.1, -0.05) is 18.2 Å². The van der Waals surface area contributed by atoms with Crippen molar-refractivity contribution in [2.75, 3.05) is 11.9 Å². The molecule has 1 aromatic carbocycles. The van der Waals surface area contributed by atoms with E-state index in [1.807, 2.05) is 44.3 Å². The van der Waals surface area contributed by atoms with E-state index < -0.39 is 5.97 Å². The van der Waals surface area contributed by atoms with E-state index in [1.165, 1.54) is 6.20 Å². The molecular weight excluding hydrogens is 292 g/mol. The number of anilines is 2. The average molecular weight is 310 g/mol. The summed E-state index contributed by atoms with van der Waals surface area (Å²) in [6.45, 7) is 3.99. The fraction of sp³-hybridized carbons (Fsp3) is 0.235. The van der Waals surface area contributed by atoms with Crippen molar-refractivity contribution in [1.82, 2.24) is 14.8 Å². The van der Waals surface area contributed by atoms with Crippen molar-refractivity contribution in [3.8, 4) is 0 Å². The van der Waals surface area contributed by atoms with E-state index in [4.69, 9.17) is 4.74 Å². The second-order valence-corrected chi connectivity index (χ2v) is 5.17. The van der Waals surface area contributed by atoms with Crippen molar-refractivity contribution in [2.45, 2.75) is 13.8 Å². The van der Waals surface area contributed by atoms with Gasteiger partial charge in [-0.05, 0) is 26.0 Å².